The van der Waals surface area contributed by atoms with Crippen molar-refractivity contribution in [2.24, 2.45) is 0 Å². The number of carbonyl (C=O) groups excluding carboxylic acids is 2. The molecule has 0 fully saturated rings. The predicted molar refractivity (Wildman–Crippen MR) is 97.2 cm³/mol. The first-order valence-electron chi connectivity index (χ1n) is 7.26. The Labute approximate surface area is 160 Å². The van der Waals surface area contributed by atoms with E-state index >= 15 is 0 Å². The molecule has 0 radical (unpaired) electrons. The van der Waals surface area contributed by atoms with Crippen molar-refractivity contribution in [2.45, 2.75) is 13.5 Å². The number of benzene rings is 1. The molecule has 2 rings (SSSR count). The van der Waals surface area contributed by atoms with Gasteiger partial charge in [0.25, 0.3) is 5.91 Å². The van der Waals surface area contributed by atoms with Crippen LogP contribution in [-0.2, 0) is 16.1 Å². The third-order valence-corrected chi connectivity index (χ3v) is 4.77. The molecule has 0 N–H and O–H groups in total. The Morgan fingerprint density at radius 3 is 2.52 bits per heavy atom. The van der Waals surface area contributed by atoms with E-state index in [-0.39, 0.29) is 26.7 Å². The molecule has 1 aromatic carbocycles. The van der Waals surface area contributed by atoms with Crippen LogP contribution >= 0.6 is 34.8 Å². The van der Waals surface area contributed by atoms with E-state index in [1.54, 1.807) is 7.05 Å². The van der Waals surface area contributed by atoms with Gasteiger partial charge in [-0.1, -0.05) is 59.1 Å². The van der Waals surface area contributed by atoms with E-state index in [0.717, 1.165) is 11.1 Å². The van der Waals surface area contributed by atoms with E-state index in [0.29, 0.717) is 6.54 Å². The Balaban J connectivity index is 1.96. The summed E-state index contributed by atoms with van der Waals surface area (Å²) in [5.41, 5.74) is 1.90. The highest BCUT2D eigenvalue weighted by Crippen LogP contribution is 2.31. The van der Waals surface area contributed by atoms with Crippen molar-refractivity contribution in [3.05, 3.63) is 62.4 Å². The van der Waals surface area contributed by atoms with Crippen molar-refractivity contribution in [2.75, 3.05) is 13.7 Å². The van der Waals surface area contributed by atoms with Gasteiger partial charge >= 0.3 is 5.97 Å². The average Bonchev–Trinajstić information content (AvgIpc) is 2.59. The average molecular weight is 402 g/mol. The van der Waals surface area contributed by atoms with Gasteiger partial charge in [0.2, 0.25) is 0 Å². The summed E-state index contributed by atoms with van der Waals surface area (Å²) < 4.78 is 4.98. The maximum absolute atomic E-state index is 12.1. The first kappa shape index (κ1) is 19.5. The molecule has 0 bridgehead atoms. The fraction of sp³-hybridized carbons (Fsp3) is 0.235. The predicted octanol–water partition coefficient (Wildman–Crippen LogP) is 4.17. The van der Waals surface area contributed by atoms with Crippen LogP contribution in [0.4, 0.5) is 0 Å². The van der Waals surface area contributed by atoms with Gasteiger partial charge in [0.05, 0.1) is 15.1 Å². The highest BCUT2D eigenvalue weighted by Gasteiger charge is 2.20. The molecule has 132 valence electrons. The van der Waals surface area contributed by atoms with Crippen molar-refractivity contribution >= 4 is 46.7 Å². The number of likely N-dealkylation sites (N-methyl/N-ethyl adjacent to an activating group) is 1. The summed E-state index contributed by atoms with van der Waals surface area (Å²) in [5.74, 6) is -1.20. The largest absolute Gasteiger partial charge is 0.451 e. The summed E-state index contributed by atoms with van der Waals surface area (Å²) in [7, 11) is 1.63. The number of aromatic nitrogens is 1. The Bertz CT molecular complexity index is 812. The maximum Gasteiger partial charge on any atom is 0.359 e. The molecule has 0 atom stereocenters. The summed E-state index contributed by atoms with van der Waals surface area (Å²) in [6, 6.07) is 7.73. The lowest BCUT2D eigenvalue weighted by molar-refractivity contribution is -0.133. The summed E-state index contributed by atoms with van der Waals surface area (Å²) in [6.45, 7) is 1.94. The number of amides is 1. The Kier molecular flexibility index (Phi) is 6.64. The smallest absolute Gasteiger partial charge is 0.359 e. The van der Waals surface area contributed by atoms with Crippen molar-refractivity contribution in [1.29, 1.82) is 0 Å². The number of ether oxygens (including phenoxy) is 1. The zero-order valence-corrected chi connectivity index (χ0v) is 15.8. The number of hydrogen-bond acceptors (Lipinski definition) is 4. The third-order valence-electron chi connectivity index (χ3n) is 3.53. The lowest BCUT2D eigenvalue weighted by atomic mass is 10.1. The minimum absolute atomic E-state index is 0.00767. The van der Waals surface area contributed by atoms with Crippen LogP contribution in [0.3, 0.4) is 0 Å². The van der Waals surface area contributed by atoms with E-state index in [4.69, 9.17) is 39.5 Å². The zero-order valence-electron chi connectivity index (χ0n) is 13.6. The fourth-order valence-corrected chi connectivity index (χ4v) is 2.58. The quantitative estimate of drug-likeness (QED) is 0.706. The minimum atomic E-state index is -0.846. The lowest BCUT2D eigenvalue weighted by Gasteiger charge is -2.18. The van der Waals surface area contributed by atoms with Crippen molar-refractivity contribution in [3.63, 3.8) is 0 Å². The molecular weight excluding hydrogens is 387 g/mol. The van der Waals surface area contributed by atoms with Crippen LogP contribution in [0.25, 0.3) is 0 Å². The lowest BCUT2D eigenvalue weighted by Crippen LogP contribution is -2.31. The van der Waals surface area contributed by atoms with Gasteiger partial charge < -0.3 is 9.64 Å². The molecule has 1 heterocycles. The van der Waals surface area contributed by atoms with Gasteiger partial charge in [-0.25, -0.2) is 9.78 Å². The fourth-order valence-electron chi connectivity index (χ4n) is 2.02. The minimum Gasteiger partial charge on any atom is -0.451 e. The number of pyridine rings is 1. The number of halogens is 3. The third kappa shape index (κ3) is 4.84. The SMILES string of the molecule is Cc1ccccc1CN(C)C(=O)COC(=O)c1ncc(Cl)c(Cl)c1Cl. The summed E-state index contributed by atoms with van der Waals surface area (Å²) in [4.78, 5) is 29.4. The van der Waals surface area contributed by atoms with E-state index in [1.165, 1.54) is 11.1 Å². The van der Waals surface area contributed by atoms with Crippen LogP contribution < -0.4 is 0 Å². The van der Waals surface area contributed by atoms with Crippen molar-refractivity contribution < 1.29 is 14.3 Å². The second-order valence-electron chi connectivity index (χ2n) is 5.34. The maximum atomic E-state index is 12.1. The number of nitrogens with zero attached hydrogens (tertiary/aromatic N) is 2. The molecule has 0 aliphatic heterocycles. The van der Waals surface area contributed by atoms with Gasteiger partial charge in [-0.2, -0.15) is 0 Å². The van der Waals surface area contributed by atoms with Gasteiger partial charge in [-0.15, -0.1) is 0 Å². The Morgan fingerprint density at radius 1 is 1.16 bits per heavy atom. The molecular formula is C17H15Cl3N2O3. The van der Waals surface area contributed by atoms with Gasteiger partial charge in [-0.05, 0) is 18.1 Å². The molecule has 0 spiro atoms. The molecule has 25 heavy (non-hydrogen) atoms. The summed E-state index contributed by atoms with van der Waals surface area (Å²) >= 11 is 17.5. The number of rotatable bonds is 5. The van der Waals surface area contributed by atoms with E-state index in [1.807, 2.05) is 31.2 Å². The van der Waals surface area contributed by atoms with Gasteiger partial charge in [-0.3, -0.25) is 4.79 Å². The monoisotopic (exact) mass is 400 g/mol. The number of esters is 1. The molecule has 5 nitrogen and oxygen atoms in total. The molecule has 0 aliphatic rings. The molecule has 0 saturated heterocycles. The zero-order chi connectivity index (χ0) is 18.6. The molecule has 0 saturated carbocycles. The summed E-state index contributed by atoms with van der Waals surface area (Å²) in [5, 5.41) is 0.0189. The Morgan fingerprint density at radius 2 is 1.84 bits per heavy atom. The van der Waals surface area contributed by atoms with Gasteiger partial charge in [0.1, 0.15) is 0 Å². The number of carbonyl (C=O) groups is 2. The van der Waals surface area contributed by atoms with E-state index < -0.39 is 12.6 Å². The molecule has 1 aromatic heterocycles. The highest BCUT2D eigenvalue weighted by molar-refractivity contribution is 6.48. The molecule has 2 aromatic rings. The topological polar surface area (TPSA) is 59.5 Å². The van der Waals surface area contributed by atoms with Gasteiger partial charge in [0, 0.05) is 19.8 Å². The van der Waals surface area contributed by atoms with Crippen LogP contribution in [0.15, 0.2) is 30.5 Å². The first-order chi connectivity index (χ1) is 11.8. The molecule has 0 unspecified atom stereocenters. The molecule has 0 aliphatic carbocycles. The summed E-state index contributed by atoms with van der Waals surface area (Å²) in [6.07, 6.45) is 1.19. The standard InChI is InChI=1S/C17H15Cl3N2O3/c1-10-5-3-4-6-11(10)8-22(2)13(23)9-25-17(24)16-15(20)14(19)12(18)7-21-16/h3-7H,8-9H2,1-2H3. The van der Waals surface area contributed by atoms with Crippen LogP contribution in [0, 0.1) is 6.92 Å². The van der Waals surface area contributed by atoms with Crippen LogP contribution in [-0.4, -0.2) is 35.4 Å². The van der Waals surface area contributed by atoms with Gasteiger partial charge in [0.15, 0.2) is 12.3 Å². The van der Waals surface area contributed by atoms with E-state index in [2.05, 4.69) is 4.98 Å². The van der Waals surface area contributed by atoms with Crippen LogP contribution in [0.1, 0.15) is 21.6 Å². The molecule has 1 amide bonds. The number of aryl methyl sites for hydroxylation is 1. The first-order valence-corrected chi connectivity index (χ1v) is 8.39. The van der Waals surface area contributed by atoms with Crippen molar-refractivity contribution in [1.82, 2.24) is 9.88 Å². The second kappa shape index (κ2) is 8.52. The number of hydrogen-bond donors (Lipinski definition) is 0. The normalized spacial score (nSPS) is 10.4. The Hall–Kier alpha value is -1.82. The van der Waals surface area contributed by atoms with Crippen molar-refractivity contribution in [3.8, 4) is 0 Å². The highest BCUT2D eigenvalue weighted by atomic mass is 35.5. The van der Waals surface area contributed by atoms with Crippen LogP contribution in [0.5, 0.6) is 0 Å². The second-order valence-corrected chi connectivity index (χ2v) is 6.50. The molecule has 8 heteroatoms. The van der Waals surface area contributed by atoms with Crippen LogP contribution in [0.2, 0.25) is 15.1 Å². The van der Waals surface area contributed by atoms with E-state index in [9.17, 15) is 9.59 Å².